The van der Waals surface area contributed by atoms with Crippen LogP contribution in [0, 0.1) is 5.82 Å². The molecule has 4 aromatic rings. The van der Waals surface area contributed by atoms with Crippen LogP contribution in [0.25, 0.3) is 16.6 Å². The van der Waals surface area contributed by atoms with Crippen molar-refractivity contribution in [1.29, 1.82) is 0 Å². The first-order chi connectivity index (χ1) is 12.6. The van der Waals surface area contributed by atoms with E-state index in [4.69, 9.17) is 15.2 Å². The van der Waals surface area contributed by atoms with Crippen LogP contribution in [0.1, 0.15) is 0 Å². The molecule has 26 heavy (non-hydrogen) atoms. The monoisotopic (exact) mass is 350 g/mol. The Hall–Kier alpha value is -3.61. The SMILES string of the molecule is COc1ccc(-c2cc(Oc3ccc(N)c(F)c3)c3ccnn3c2)cn1. The number of aromatic nitrogens is 3. The number of hydrogen-bond acceptors (Lipinski definition) is 5. The lowest BCUT2D eigenvalue weighted by atomic mass is 10.1. The highest BCUT2D eigenvalue weighted by Crippen LogP contribution is 2.32. The molecule has 3 heterocycles. The Balaban J connectivity index is 1.77. The number of nitrogens with two attached hydrogens (primary N) is 1. The van der Waals surface area contributed by atoms with E-state index >= 15 is 0 Å². The first kappa shape index (κ1) is 15.9. The molecule has 0 atom stereocenters. The second-order valence-electron chi connectivity index (χ2n) is 5.63. The minimum atomic E-state index is -0.525. The molecule has 4 rings (SSSR count). The molecule has 0 fully saturated rings. The first-order valence-electron chi connectivity index (χ1n) is 7.85. The molecule has 0 amide bonds. The van der Waals surface area contributed by atoms with Crippen molar-refractivity contribution in [3.05, 3.63) is 66.9 Å². The molecule has 130 valence electrons. The number of pyridine rings is 2. The maximum Gasteiger partial charge on any atom is 0.212 e. The van der Waals surface area contributed by atoms with E-state index in [0.717, 1.165) is 16.6 Å². The molecule has 0 saturated heterocycles. The van der Waals surface area contributed by atoms with Gasteiger partial charge in [0.15, 0.2) is 5.75 Å². The largest absolute Gasteiger partial charge is 0.481 e. The summed E-state index contributed by atoms with van der Waals surface area (Å²) in [6.07, 6.45) is 5.24. The zero-order valence-electron chi connectivity index (χ0n) is 13.9. The average molecular weight is 350 g/mol. The summed E-state index contributed by atoms with van der Waals surface area (Å²) in [5.41, 5.74) is 8.07. The third kappa shape index (κ3) is 2.90. The molecule has 0 radical (unpaired) electrons. The second kappa shape index (κ2) is 6.36. The lowest BCUT2D eigenvalue weighted by Crippen LogP contribution is -1.95. The predicted molar refractivity (Wildman–Crippen MR) is 95.9 cm³/mol. The fraction of sp³-hybridized carbons (Fsp3) is 0.0526. The first-order valence-corrected chi connectivity index (χ1v) is 7.85. The van der Waals surface area contributed by atoms with E-state index in [1.165, 1.54) is 12.1 Å². The van der Waals surface area contributed by atoms with Crippen molar-refractivity contribution in [2.75, 3.05) is 12.8 Å². The third-order valence-corrected chi connectivity index (χ3v) is 3.95. The van der Waals surface area contributed by atoms with Gasteiger partial charge in [-0.15, -0.1) is 0 Å². The number of methoxy groups -OCH3 is 1. The second-order valence-corrected chi connectivity index (χ2v) is 5.63. The zero-order chi connectivity index (χ0) is 18.1. The number of nitrogen functional groups attached to an aromatic ring is 1. The predicted octanol–water partition coefficient (Wildman–Crippen LogP) is 3.92. The Morgan fingerprint density at radius 2 is 1.96 bits per heavy atom. The molecule has 0 spiro atoms. The van der Waals surface area contributed by atoms with E-state index in [9.17, 15) is 4.39 Å². The maximum absolute atomic E-state index is 13.7. The van der Waals surface area contributed by atoms with E-state index in [-0.39, 0.29) is 5.69 Å². The number of benzene rings is 1. The highest BCUT2D eigenvalue weighted by atomic mass is 19.1. The highest BCUT2D eigenvalue weighted by molar-refractivity contribution is 5.71. The van der Waals surface area contributed by atoms with Crippen LogP contribution in [-0.2, 0) is 0 Å². The molecule has 2 N–H and O–H groups in total. The van der Waals surface area contributed by atoms with Crippen molar-refractivity contribution in [1.82, 2.24) is 14.6 Å². The standard InChI is InChI=1S/C19H15FN4O2/c1-25-19-5-2-12(10-22-19)13-8-18(17-6-7-23-24(17)11-13)26-14-3-4-16(21)15(20)9-14/h2-11H,21H2,1H3. The molecule has 1 aromatic carbocycles. The summed E-state index contributed by atoms with van der Waals surface area (Å²) < 4.78 is 26.4. The smallest absolute Gasteiger partial charge is 0.212 e. The molecule has 0 aliphatic heterocycles. The average Bonchev–Trinajstić information content (AvgIpc) is 3.14. The Morgan fingerprint density at radius 1 is 1.08 bits per heavy atom. The third-order valence-electron chi connectivity index (χ3n) is 3.95. The lowest BCUT2D eigenvalue weighted by molar-refractivity contribution is 0.398. The Bertz CT molecular complexity index is 1080. The summed E-state index contributed by atoms with van der Waals surface area (Å²) in [7, 11) is 1.56. The highest BCUT2D eigenvalue weighted by Gasteiger charge is 2.11. The minimum absolute atomic E-state index is 0.0740. The van der Waals surface area contributed by atoms with Gasteiger partial charge in [-0.05, 0) is 30.3 Å². The summed E-state index contributed by atoms with van der Waals surface area (Å²) in [4.78, 5) is 4.22. The van der Waals surface area contributed by atoms with Crippen LogP contribution in [0.15, 0.2) is 61.1 Å². The van der Waals surface area contributed by atoms with Gasteiger partial charge in [0.2, 0.25) is 5.88 Å². The Morgan fingerprint density at radius 3 is 2.69 bits per heavy atom. The quantitative estimate of drug-likeness (QED) is 0.565. The summed E-state index contributed by atoms with van der Waals surface area (Å²) in [5, 5.41) is 4.27. The van der Waals surface area contributed by atoms with Gasteiger partial charge in [-0.25, -0.2) is 13.9 Å². The fourth-order valence-corrected chi connectivity index (χ4v) is 2.61. The molecule has 3 aromatic heterocycles. The fourth-order valence-electron chi connectivity index (χ4n) is 2.61. The Labute approximate surface area is 148 Å². The number of hydrogen-bond donors (Lipinski definition) is 1. The number of ether oxygens (including phenoxy) is 2. The van der Waals surface area contributed by atoms with Gasteiger partial charge in [-0.3, -0.25) is 0 Å². The van der Waals surface area contributed by atoms with Gasteiger partial charge < -0.3 is 15.2 Å². The van der Waals surface area contributed by atoms with Crippen molar-refractivity contribution < 1.29 is 13.9 Å². The molecule has 0 aliphatic carbocycles. The number of rotatable bonds is 4. The summed E-state index contributed by atoms with van der Waals surface area (Å²) in [5.74, 6) is 0.898. The molecule has 7 heteroatoms. The van der Waals surface area contributed by atoms with Gasteiger partial charge in [0, 0.05) is 35.7 Å². The van der Waals surface area contributed by atoms with Crippen molar-refractivity contribution in [3.8, 4) is 28.5 Å². The zero-order valence-corrected chi connectivity index (χ0v) is 13.9. The molecule has 0 aliphatic rings. The molecule has 6 nitrogen and oxygen atoms in total. The van der Waals surface area contributed by atoms with Gasteiger partial charge in [0.05, 0.1) is 19.0 Å². The Kier molecular flexibility index (Phi) is 3.89. The van der Waals surface area contributed by atoms with Crippen LogP contribution in [-0.4, -0.2) is 21.7 Å². The van der Waals surface area contributed by atoms with Crippen LogP contribution in [0.2, 0.25) is 0 Å². The number of fused-ring (bicyclic) bond motifs is 1. The van der Waals surface area contributed by atoms with Gasteiger partial charge in [0.25, 0.3) is 0 Å². The van der Waals surface area contributed by atoms with Crippen molar-refractivity contribution in [2.45, 2.75) is 0 Å². The van der Waals surface area contributed by atoms with Crippen LogP contribution < -0.4 is 15.2 Å². The van der Waals surface area contributed by atoms with E-state index in [0.29, 0.717) is 17.4 Å². The molecular weight excluding hydrogens is 335 g/mol. The summed E-state index contributed by atoms with van der Waals surface area (Å²) in [6.45, 7) is 0. The normalized spacial score (nSPS) is 10.8. The van der Waals surface area contributed by atoms with Gasteiger partial charge in [-0.2, -0.15) is 5.10 Å². The molecule has 0 bridgehead atoms. The minimum Gasteiger partial charge on any atom is -0.481 e. The van der Waals surface area contributed by atoms with Gasteiger partial charge in [-0.1, -0.05) is 0 Å². The lowest BCUT2D eigenvalue weighted by Gasteiger charge is -2.11. The van der Waals surface area contributed by atoms with Crippen molar-refractivity contribution in [2.24, 2.45) is 0 Å². The van der Waals surface area contributed by atoms with Crippen LogP contribution in [0.4, 0.5) is 10.1 Å². The van der Waals surface area contributed by atoms with E-state index in [1.54, 1.807) is 36.2 Å². The molecule has 0 saturated carbocycles. The van der Waals surface area contributed by atoms with Gasteiger partial charge in [0.1, 0.15) is 17.1 Å². The number of nitrogens with zero attached hydrogens (tertiary/aromatic N) is 3. The molecular formula is C19H15FN4O2. The summed E-state index contributed by atoms with van der Waals surface area (Å²) in [6, 6.07) is 11.7. The van der Waals surface area contributed by atoms with E-state index < -0.39 is 5.82 Å². The van der Waals surface area contributed by atoms with E-state index in [1.807, 2.05) is 24.4 Å². The van der Waals surface area contributed by atoms with Crippen molar-refractivity contribution >= 4 is 11.2 Å². The topological polar surface area (TPSA) is 74.7 Å². The molecule has 0 unspecified atom stereocenters. The number of anilines is 1. The number of halogens is 1. The van der Waals surface area contributed by atoms with Crippen LogP contribution in [0.5, 0.6) is 17.4 Å². The summed E-state index contributed by atoms with van der Waals surface area (Å²) >= 11 is 0. The maximum atomic E-state index is 13.7. The van der Waals surface area contributed by atoms with Crippen LogP contribution in [0.3, 0.4) is 0 Å². The van der Waals surface area contributed by atoms with Crippen molar-refractivity contribution in [3.63, 3.8) is 0 Å². The van der Waals surface area contributed by atoms with E-state index in [2.05, 4.69) is 10.1 Å². The van der Waals surface area contributed by atoms with Gasteiger partial charge >= 0.3 is 0 Å². The van der Waals surface area contributed by atoms with Crippen LogP contribution >= 0.6 is 0 Å².